The third-order valence-electron chi connectivity index (χ3n) is 11.2. The van der Waals surface area contributed by atoms with Gasteiger partial charge in [-0.05, 0) is 110 Å². The number of ether oxygens (including phenoxy) is 1. The first-order chi connectivity index (χ1) is 13.8. The molecule has 0 aromatic rings. The van der Waals surface area contributed by atoms with Crippen molar-refractivity contribution in [3.05, 3.63) is 0 Å². The second kappa shape index (κ2) is 8.48. The molecule has 0 aliphatic heterocycles. The van der Waals surface area contributed by atoms with Crippen LogP contribution in [0.15, 0.2) is 0 Å². The maximum absolute atomic E-state index is 5.79. The van der Waals surface area contributed by atoms with Crippen LogP contribution in [0.2, 0.25) is 0 Å². The van der Waals surface area contributed by atoms with Gasteiger partial charge >= 0.3 is 0 Å². The molecule has 0 aromatic heterocycles. The van der Waals surface area contributed by atoms with Crippen LogP contribution in [0.5, 0.6) is 0 Å². The fourth-order valence-corrected chi connectivity index (χ4v) is 9.46. The SMILES string of the molecule is CO[C@H]1CC[C@@]2(C)C(CCC3C2CC[C@@]2(C)C3CCC2[C@H](C)CCCC(C)C)C1. The van der Waals surface area contributed by atoms with Crippen LogP contribution in [0.25, 0.3) is 0 Å². The molecular weight excluding hydrogens is 352 g/mol. The molecule has 0 N–H and O–H groups in total. The largest absolute Gasteiger partial charge is 0.381 e. The van der Waals surface area contributed by atoms with E-state index in [1.807, 2.05) is 7.11 Å². The van der Waals surface area contributed by atoms with Crippen LogP contribution < -0.4 is 0 Å². The Balaban J connectivity index is 1.45. The minimum Gasteiger partial charge on any atom is -0.381 e. The first-order valence-electron chi connectivity index (χ1n) is 13.3. The molecule has 1 heteroatoms. The number of rotatable bonds is 6. The van der Waals surface area contributed by atoms with Gasteiger partial charge in [0.25, 0.3) is 0 Å². The monoisotopic (exact) mass is 402 g/mol. The van der Waals surface area contributed by atoms with E-state index in [9.17, 15) is 0 Å². The van der Waals surface area contributed by atoms with Gasteiger partial charge in [0, 0.05) is 7.11 Å². The van der Waals surface area contributed by atoms with E-state index in [1.165, 1.54) is 77.0 Å². The molecule has 0 heterocycles. The Bertz CT molecular complexity index is 555. The van der Waals surface area contributed by atoms with Crippen molar-refractivity contribution >= 4 is 0 Å². The van der Waals surface area contributed by atoms with Gasteiger partial charge < -0.3 is 4.74 Å². The van der Waals surface area contributed by atoms with Crippen molar-refractivity contribution in [1.82, 2.24) is 0 Å². The van der Waals surface area contributed by atoms with Gasteiger partial charge in [-0.15, -0.1) is 0 Å². The first kappa shape index (κ1) is 22.2. The van der Waals surface area contributed by atoms with Gasteiger partial charge in [0.2, 0.25) is 0 Å². The summed E-state index contributed by atoms with van der Waals surface area (Å²) in [6.45, 7) is 12.8. The lowest BCUT2D eigenvalue weighted by Crippen LogP contribution is -2.54. The molecule has 4 aliphatic rings. The highest BCUT2D eigenvalue weighted by Gasteiger charge is 2.60. The van der Waals surface area contributed by atoms with Gasteiger partial charge in [-0.2, -0.15) is 0 Å². The first-order valence-corrected chi connectivity index (χ1v) is 13.3. The van der Waals surface area contributed by atoms with Crippen molar-refractivity contribution in [1.29, 1.82) is 0 Å². The molecular formula is C28H50O. The average molecular weight is 403 g/mol. The fourth-order valence-electron chi connectivity index (χ4n) is 9.46. The van der Waals surface area contributed by atoms with Gasteiger partial charge in [-0.1, -0.05) is 53.9 Å². The molecule has 0 aromatic carbocycles. The minimum atomic E-state index is 0.543. The molecule has 29 heavy (non-hydrogen) atoms. The number of hydrogen-bond acceptors (Lipinski definition) is 1. The highest BCUT2D eigenvalue weighted by Crippen LogP contribution is 2.68. The molecule has 0 saturated heterocycles. The molecule has 0 bridgehead atoms. The van der Waals surface area contributed by atoms with Crippen molar-refractivity contribution in [2.45, 2.75) is 118 Å². The molecule has 5 unspecified atom stereocenters. The van der Waals surface area contributed by atoms with E-state index < -0.39 is 0 Å². The summed E-state index contributed by atoms with van der Waals surface area (Å²) in [5.74, 6) is 6.79. The van der Waals surface area contributed by atoms with Crippen LogP contribution in [-0.4, -0.2) is 13.2 Å². The van der Waals surface area contributed by atoms with Gasteiger partial charge in [0.15, 0.2) is 0 Å². The van der Waals surface area contributed by atoms with Crippen LogP contribution in [0.3, 0.4) is 0 Å². The van der Waals surface area contributed by atoms with E-state index in [-0.39, 0.29) is 0 Å². The van der Waals surface area contributed by atoms with Crippen molar-refractivity contribution in [3.8, 4) is 0 Å². The minimum absolute atomic E-state index is 0.543. The van der Waals surface area contributed by atoms with Crippen molar-refractivity contribution in [2.24, 2.45) is 52.3 Å². The van der Waals surface area contributed by atoms with E-state index in [2.05, 4.69) is 34.6 Å². The second-order valence-corrected chi connectivity index (χ2v) is 12.8. The molecule has 4 saturated carbocycles. The summed E-state index contributed by atoms with van der Waals surface area (Å²) in [6.07, 6.45) is 18.1. The van der Waals surface area contributed by atoms with Crippen LogP contribution >= 0.6 is 0 Å². The van der Waals surface area contributed by atoms with Crippen molar-refractivity contribution < 1.29 is 4.74 Å². The van der Waals surface area contributed by atoms with Crippen LogP contribution in [-0.2, 0) is 4.74 Å². The third kappa shape index (κ3) is 3.85. The zero-order chi connectivity index (χ0) is 20.8. The maximum atomic E-state index is 5.79. The van der Waals surface area contributed by atoms with Gasteiger partial charge in [-0.3, -0.25) is 0 Å². The van der Waals surface area contributed by atoms with Gasteiger partial charge in [0.1, 0.15) is 0 Å². The Labute approximate surface area is 182 Å². The maximum Gasteiger partial charge on any atom is 0.0574 e. The van der Waals surface area contributed by atoms with Crippen molar-refractivity contribution in [3.63, 3.8) is 0 Å². The van der Waals surface area contributed by atoms with E-state index in [0.717, 1.165) is 41.4 Å². The Morgan fingerprint density at radius 3 is 2.28 bits per heavy atom. The van der Waals surface area contributed by atoms with Crippen LogP contribution in [0.1, 0.15) is 112 Å². The summed E-state index contributed by atoms with van der Waals surface area (Å²) in [4.78, 5) is 0. The summed E-state index contributed by atoms with van der Waals surface area (Å²) < 4.78 is 5.79. The molecule has 1 nitrogen and oxygen atoms in total. The lowest BCUT2D eigenvalue weighted by atomic mass is 9.44. The number of fused-ring (bicyclic) bond motifs is 5. The second-order valence-electron chi connectivity index (χ2n) is 12.8. The van der Waals surface area contributed by atoms with E-state index >= 15 is 0 Å². The molecule has 0 radical (unpaired) electrons. The Kier molecular flexibility index (Phi) is 6.48. The van der Waals surface area contributed by atoms with Crippen LogP contribution in [0.4, 0.5) is 0 Å². The standard InChI is InChI=1S/C28H50O/c1-19(2)8-7-9-20(3)24-12-13-25-23-11-10-21-18-22(29-6)14-16-27(21,4)26(23)15-17-28(24,25)5/h19-26H,7-18H2,1-6H3/t20-,21?,22+,23?,24?,25?,26?,27+,28-/m1/s1. The third-order valence-corrected chi connectivity index (χ3v) is 11.2. The Morgan fingerprint density at radius 1 is 0.828 bits per heavy atom. The molecule has 4 aliphatic carbocycles. The zero-order valence-electron chi connectivity index (χ0n) is 20.5. The summed E-state index contributed by atoms with van der Waals surface area (Å²) in [7, 11) is 1.94. The normalized spacial score (nSPS) is 48.1. The molecule has 9 atom stereocenters. The highest BCUT2D eigenvalue weighted by molar-refractivity contribution is 5.09. The predicted octanol–water partition coefficient (Wildman–Crippen LogP) is 8.12. The summed E-state index contributed by atoms with van der Waals surface area (Å²) in [5.41, 5.74) is 1.26. The van der Waals surface area contributed by atoms with E-state index in [1.54, 1.807) is 0 Å². The Morgan fingerprint density at radius 2 is 1.55 bits per heavy atom. The van der Waals surface area contributed by atoms with Gasteiger partial charge in [-0.25, -0.2) is 0 Å². The lowest BCUT2D eigenvalue weighted by Gasteiger charge is -2.61. The summed E-state index contributed by atoms with van der Waals surface area (Å²) >= 11 is 0. The quantitative estimate of drug-likeness (QED) is 0.436. The zero-order valence-corrected chi connectivity index (χ0v) is 20.5. The molecule has 168 valence electrons. The highest BCUT2D eigenvalue weighted by atomic mass is 16.5. The van der Waals surface area contributed by atoms with Crippen LogP contribution in [0, 0.1) is 52.3 Å². The smallest absolute Gasteiger partial charge is 0.0574 e. The Hall–Kier alpha value is -0.0400. The summed E-state index contributed by atoms with van der Waals surface area (Å²) in [6, 6.07) is 0. The lowest BCUT2D eigenvalue weighted by molar-refractivity contribution is -0.133. The topological polar surface area (TPSA) is 9.23 Å². The van der Waals surface area contributed by atoms with E-state index in [0.29, 0.717) is 16.9 Å². The molecule has 0 spiro atoms. The van der Waals surface area contributed by atoms with Gasteiger partial charge in [0.05, 0.1) is 6.10 Å². The molecule has 4 fully saturated rings. The van der Waals surface area contributed by atoms with E-state index in [4.69, 9.17) is 4.74 Å². The number of methoxy groups -OCH3 is 1. The molecule has 0 amide bonds. The summed E-state index contributed by atoms with van der Waals surface area (Å²) in [5, 5.41) is 0. The number of hydrogen-bond donors (Lipinski definition) is 0. The molecule has 4 rings (SSSR count). The predicted molar refractivity (Wildman–Crippen MR) is 124 cm³/mol. The fraction of sp³-hybridized carbons (Fsp3) is 1.00. The van der Waals surface area contributed by atoms with Crippen molar-refractivity contribution in [2.75, 3.05) is 7.11 Å². The average Bonchev–Trinajstić information content (AvgIpc) is 3.04.